The minimum Gasteiger partial charge on any atom is -0.462 e. The van der Waals surface area contributed by atoms with E-state index in [0.29, 0.717) is 19.5 Å². The van der Waals surface area contributed by atoms with Gasteiger partial charge in [0, 0.05) is 25.5 Å². The number of nitrogens with one attached hydrogen (secondary N) is 1. The van der Waals surface area contributed by atoms with Gasteiger partial charge in [0.05, 0.1) is 7.11 Å². The lowest BCUT2D eigenvalue weighted by Gasteiger charge is -2.03. The van der Waals surface area contributed by atoms with Crippen LogP contribution in [0.1, 0.15) is 6.42 Å². The van der Waals surface area contributed by atoms with Gasteiger partial charge in [-0.25, -0.2) is 4.79 Å². The summed E-state index contributed by atoms with van der Waals surface area (Å²) in [5.41, 5.74) is 0. The second kappa shape index (κ2) is 5.79. The van der Waals surface area contributed by atoms with Gasteiger partial charge in [-0.3, -0.25) is 9.48 Å². The zero-order valence-electron chi connectivity index (χ0n) is 8.47. The zero-order chi connectivity index (χ0) is 11.1. The highest BCUT2D eigenvalue weighted by Gasteiger charge is 2.11. The molecule has 0 aliphatic carbocycles. The lowest BCUT2D eigenvalue weighted by molar-refractivity contribution is -0.152. The Kier molecular flexibility index (Phi) is 4.33. The Morgan fingerprint density at radius 1 is 1.53 bits per heavy atom. The molecule has 0 aliphatic rings. The van der Waals surface area contributed by atoms with Crippen molar-refractivity contribution < 1.29 is 14.3 Å². The van der Waals surface area contributed by atoms with Crippen molar-refractivity contribution in [3.05, 3.63) is 18.5 Å². The van der Waals surface area contributed by atoms with E-state index < -0.39 is 11.9 Å². The Morgan fingerprint density at radius 3 is 2.93 bits per heavy atom. The van der Waals surface area contributed by atoms with Crippen LogP contribution in [0.4, 0.5) is 0 Å². The monoisotopic (exact) mass is 211 g/mol. The Morgan fingerprint density at radius 2 is 2.33 bits per heavy atom. The molecule has 0 aliphatic heterocycles. The predicted molar refractivity (Wildman–Crippen MR) is 51.9 cm³/mol. The van der Waals surface area contributed by atoms with Crippen molar-refractivity contribution >= 4 is 11.9 Å². The van der Waals surface area contributed by atoms with E-state index in [1.165, 1.54) is 7.11 Å². The largest absolute Gasteiger partial charge is 0.462 e. The van der Waals surface area contributed by atoms with Crippen molar-refractivity contribution in [1.29, 1.82) is 0 Å². The molecule has 0 spiro atoms. The molecule has 1 aromatic rings. The maximum absolute atomic E-state index is 10.9. The fourth-order valence-electron chi connectivity index (χ4n) is 1.04. The quantitative estimate of drug-likeness (QED) is 0.416. The Labute approximate surface area is 87.2 Å². The minimum absolute atomic E-state index is 0.424. The van der Waals surface area contributed by atoms with E-state index in [2.05, 4.69) is 15.2 Å². The molecule has 6 nitrogen and oxygen atoms in total. The third-order valence-electron chi connectivity index (χ3n) is 1.78. The number of ether oxygens (including phenoxy) is 1. The van der Waals surface area contributed by atoms with E-state index >= 15 is 0 Å². The predicted octanol–water partition coefficient (Wildman–Crippen LogP) is -0.438. The average molecular weight is 211 g/mol. The molecule has 0 saturated heterocycles. The molecular formula is C9H13N3O3. The van der Waals surface area contributed by atoms with Crippen molar-refractivity contribution in [2.45, 2.75) is 13.0 Å². The first-order valence-corrected chi connectivity index (χ1v) is 4.57. The number of aryl methyl sites for hydroxylation is 1. The van der Waals surface area contributed by atoms with Gasteiger partial charge in [0.2, 0.25) is 0 Å². The summed E-state index contributed by atoms with van der Waals surface area (Å²) < 4.78 is 6.00. The van der Waals surface area contributed by atoms with Gasteiger partial charge in [-0.15, -0.1) is 0 Å². The number of methoxy groups -OCH3 is 1. The fourth-order valence-corrected chi connectivity index (χ4v) is 1.04. The van der Waals surface area contributed by atoms with E-state index in [0.717, 1.165) is 0 Å². The number of rotatable bonds is 4. The van der Waals surface area contributed by atoms with Crippen LogP contribution in [-0.2, 0) is 20.9 Å². The van der Waals surface area contributed by atoms with E-state index in [4.69, 9.17) is 0 Å². The SMILES string of the molecule is COC(=O)C(=O)NCCCn1cccn1. The van der Waals surface area contributed by atoms with E-state index in [9.17, 15) is 9.59 Å². The number of amides is 1. The summed E-state index contributed by atoms with van der Waals surface area (Å²) in [6.07, 6.45) is 4.24. The number of nitrogens with zero attached hydrogens (tertiary/aromatic N) is 2. The van der Waals surface area contributed by atoms with Gasteiger partial charge in [0.25, 0.3) is 0 Å². The second-order valence-electron chi connectivity index (χ2n) is 2.87. The molecule has 0 radical (unpaired) electrons. The third-order valence-corrected chi connectivity index (χ3v) is 1.78. The van der Waals surface area contributed by atoms with Crippen LogP contribution < -0.4 is 5.32 Å². The molecule has 6 heteroatoms. The molecule has 1 N–H and O–H groups in total. The molecule has 0 saturated carbocycles. The van der Waals surface area contributed by atoms with Crippen LogP contribution in [-0.4, -0.2) is 35.3 Å². The van der Waals surface area contributed by atoms with Gasteiger partial charge in [0.1, 0.15) is 0 Å². The van der Waals surface area contributed by atoms with Crippen molar-refractivity contribution in [2.24, 2.45) is 0 Å². The molecule has 15 heavy (non-hydrogen) atoms. The first-order chi connectivity index (χ1) is 7.24. The number of carbonyl (C=O) groups excluding carboxylic acids is 2. The van der Waals surface area contributed by atoms with Crippen molar-refractivity contribution in [1.82, 2.24) is 15.1 Å². The van der Waals surface area contributed by atoms with E-state index in [-0.39, 0.29) is 0 Å². The normalized spacial score (nSPS) is 9.67. The highest BCUT2D eigenvalue weighted by atomic mass is 16.5. The second-order valence-corrected chi connectivity index (χ2v) is 2.87. The third kappa shape index (κ3) is 3.80. The Bertz CT molecular complexity index is 321. The number of hydrogen-bond acceptors (Lipinski definition) is 4. The van der Waals surface area contributed by atoms with Gasteiger partial charge in [0.15, 0.2) is 0 Å². The lowest BCUT2D eigenvalue weighted by atomic mass is 10.4. The Hall–Kier alpha value is -1.85. The maximum Gasteiger partial charge on any atom is 0.396 e. The van der Waals surface area contributed by atoms with Crippen LogP contribution in [0.15, 0.2) is 18.5 Å². The van der Waals surface area contributed by atoms with Crippen LogP contribution in [0.2, 0.25) is 0 Å². The van der Waals surface area contributed by atoms with Gasteiger partial charge in [-0.1, -0.05) is 0 Å². The lowest BCUT2D eigenvalue weighted by Crippen LogP contribution is -2.32. The van der Waals surface area contributed by atoms with Crippen molar-refractivity contribution in [2.75, 3.05) is 13.7 Å². The molecule has 0 unspecified atom stereocenters. The van der Waals surface area contributed by atoms with Crippen molar-refractivity contribution in [3.8, 4) is 0 Å². The number of aromatic nitrogens is 2. The molecule has 0 fully saturated rings. The van der Waals surface area contributed by atoms with Crippen LogP contribution in [0, 0.1) is 0 Å². The summed E-state index contributed by atoms with van der Waals surface area (Å²) in [4.78, 5) is 21.6. The molecule has 0 bridgehead atoms. The Balaban J connectivity index is 2.12. The molecule has 0 aromatic carbocycles. The molecule has 1 heterocycles. The standard InChI is InChI=1S/C9H13N3O3/c1-15-9(14)8(13)10-4-2-6-12-7-3-5-11-12/h3,5,7H,2,4,6H2,1H3,(H,10,13). The van der Waals surface area contributed by atoms with Gasteiger partial charge in [-0.2, -0.15) is 5.10 Å². The highest BCUT2D eigenvalue weighted by molar-refractivity contribution is 6.32. The zero-order valence-corrected chi connectivity index (χ0v) is 8.47. The summed E-state index contributed by atoms with van der Waals surface area (Å²) in [6, 6.07) is 1.83. The van der Waals surface area contributed by atoms with Crippen LogP contribution in [0.25, 0.3) is 0 Å². The van der Waals surface area contributed by atoms with E-state index in [1.807, 2.05) is 12.3 Å². The molecule has 1 rings (SSSR count). The van der Waals surface area contributed by atoms with Crippen LogP contribution in [0.3, 0.4) is 0 Å². The van der Waals surface area contributed by atoms with Crippen molar-refractivity contribution in [3.63, 3.8) is 0 Å². The number of hydrogen-bond donors (Lipinski definition) is 1. The summed E-state index contributed by atoms with van der Waals surface area (Å²) in [5.74, 6) is -1.58. The highest BCUT2D eigenvalue weighted by Crippen LogP contribution is 1.87. The molecule has 82 valence electrons. The molecule has 1 amide bonds. The first-order valence-electron chi connectivity index (χ1n) is 4.57. The topological polar surface area (TPSA) is 73.2 Å². The number of carbonyl (C=O) groups is 2. The minimum atomic E-state index is -0.867. The van der Waals surface area contributed by atoms with Crippen LogP contribution in [0.5, 0.6) is 0 Å². The van der Waals surface area contributed by atoms with Crippen LogP contribution >= 0.6 is 0 Å². The summed E-state index contributed by atoms with van der Waals surface area (Å²) >= 11 is 0. The smallest absolute Gasteiger partial charge is 0.396 e. The average Bonchev–Trinajstić information content (AvgIpc) is 2.75. The molecular weight excluding hydrogens is 198 g/mol. The first kappa shape index (κ1) is 11.2. The molecule has 1 aromatic heterocycles. The fraction of sp³-hybridized carbons (Fsp3) is 0.444. The summed E-state index contributed by atoms with van der Waals surface area (Å²) in [5, 5.41) is 6.44. The summed E-state index contributed by atoms with van der Waals surface area (Å²) in [6.45, 7) is 1.13. The van der Waals surface area contributed by atoms with Gasteiger partial charge >= 0.3 is 11.9 Å². The number of esters is 1. The van der Waals surface area contributed by atoms with Gasteiger partial charge in [-0.05, 0) is 12.5 Å². The van der Waals surface area contributed by atoms with E-state index in [1.54, 1.807) is 10.9 Å². The summed E-state index contributed by atoms with van der Waals surface area (Å²) in [7, 11) is 1.17. The molecule has 0 atom stereocenters. The maximum atomic E-state index is 10.9. The van der Waals surface area contributed by atoms with Gasteiger partial charge < -0.3 is 10.1 Å².